The van der Waals surface area contributed by atoms with Gasteiger partial charge < -0.3 is 10.2 Å². The molecule has 0 fully saturated rings. The van der Waals surface area contributed by atoms with E-state index in [1.807, 2.05) is 18.2 Å². The van der Waals surface area contributed by atoms with Crippen LogP contribution in [0.4, 0.5) is 0 Å². The molecule has 1 unspecified atom stereocenters. The number of rotatable bonds is 3. The summed E-state index contributed by atoms with van der Waals surface area (Å²) in [5, 5.41) is 19.2. The predicted octanol–water partition coefficient (Wildman–Crippen LogP) is 3.09. The summed E-state index contributed by atoms with van der Waals surface area (Å²) in [7, 11) is 0. The highest BCUT2D eigenvalue weighted by molar-refractivity contribution is 5.85. The van der Waals surface area contributed by atoms with E-state index in [9.17, 15) is 15.0 Å². The Hall–Kier alpha value is -2.29. The molecule has 0 radical (unpaired) electrons. The van der Waals surface area contributed by atoms with E-state index in [0.717, 1.165) is 0 Å². The van der Waals surface area contributed by atoms with Crippen LogP contribution in [0.5, 0.6) is 5.75 Å². The maximum atomic E-state index is 11.8. The second kappa shape index (κ2) is 4.76. The molecule has 3 nitrogen and oxygen atoms in total. The normalized spacial score (nSPS) is 13.8. The average molecular weight is 256 g/mol. The summed E-state index contributed by atoms with van der Waals surface area (Å²) in [6, 6.07) is 14.0. The van der Waals surface area contributed by atoms with E-state index in [2.05, 4.69) is 0 Å². The fourth-order valence-corrected chi connectivity index (χ4v) is 2.15. The minimum absolute atomic E-state index is 0.171. The lowest BCUT2D eigenvalue weighted by Gasteiger charge is -2.26. The van der Waals surface area contributed by atoms with Crippen molar-refractivity contribution in [2.24, 2.45) is 0 Å². The monoisotopic (exact) mass is 256 g/mol. The number of carboxylic acid groups (broad SMARTS) is 1. The van der Waals surface area contributed by atoms with Crippen molar-refractivity contribution in [3.05, 3.63) is 65.2 Å². The number of phenolic OH excluding ortho intramolecular Hbond substituents is 1. The molecule has 2 N–H and O–H groups in total. The summed E-state index contributed by atoms with van der Waals surface area (Å²) < 4.78 is 0. The number of phenols is 1. The number of aryl methyl sites for hydroxylation is 1. The van der Waals surface area contributed by atoms with Crippen LogP contribution in [0.25, 0.3) is 0 Å². The molecule has 2 rings (SSSR count). The molecule has 0 heterocycles. The number of carbonyl (C=O) groups is 1. The van der Waals surface area contributed by atoms with Gasteiger partial charge in [-0.2, -0.15) is 0 Å². The minimum Gasteiger partial charge on any atom is -0.508 e. The highest BCUT2D eigenvalue weighted by Crippen LogP contribution is 2.34. The van der Waals surface area contributed by atoms with Gasteiger partial charge in [0.25, 0.3) is 0 Å². The van der Waals surface area contributed by atoms with Crippen LogP contribution >= 0.6 is 0 Å². The second-order valence-corrected chi connectivity index (χ2v) is 4.80. The standard InChI is InChI=1S/C16H16O3/c1-11-10-13(8-9-14(11)17)16(2,15(18)19)12-6-4-3-5-7-12/h3-10,17H,1-2H3,(H,18,19). The molecule has 1 atom stereocenters. The fraction of sp³-hybridized carbons (Fsp3) is 0.188. The van der Waals surface area contributed by atoms with Gasteiger partial charge in [-0.05, 0) is 36.6 Å². The van der Waals surface area contributed by atoms with E-state index < -0.39 is 11.4 Å². The summed E-state index contributed by atoms with van der Waals surface area (Å²) in [5.41, 5.74) is 0.912. The summed E-state index contributed by atoms with van der Waals surface area (Å²) in [6.07, 6.45) is 0. The van der Waals surface area contributed by atoms with Gasteiger partial charge in [0.15, 0.2) is 0 Å². The molecular weight excluding hydrogens is 240 g/mol. The molecule has 0 aliphatic heterocycles. The molecule has 0 bridgehead atoms. The van der Waals surface area contributed by atoms with Crippen LogP contribution < -0.4 is 0 Å². The SMILES string of the molecule is Cc1cc(C(C)(C(=O)O)c2ccccc2)ccc1O. The van der Waals surface area contributed by atoms with Crippen LogP contribution in [0.3, 0.4) is 0 Å². The smallest absolute Gasteiger partial charge is 0.318 e. The number of aromatic hydroxyl groups is 1. The Morgan fingerprint density at radius 2 is 1.68 bits per heavy atom. The Labute approximate surface area is 112 Å². The summed E-state index contributed by atoms with van der Waals surface area (Å²) in [5.74, 6) is -0.742. The van der Waals surface area contributed by atoms with Crippen molar-refractivity contribution in [3.63, 3.8) is 0 Å². The molecular formula is C16H16O3. The Morgan fingerprint density at radius 1 is 1.05 bits per heavy atom. The highest BCUT2D eigenvalue weighted by Gasteiger charge is 2.37. The van der Waals surface area contributed by atoms with Gasteiger partial charge >= 0.3 is 5.97 Å². The van der Waals surface area contributed by atoms with Crippen LogP contribution in [0.15, 0.2) is 48.5 Å². The van der Waals surface area contributed by atoms with E-state index in [-0.39, 0.29) is 5.75 Å². The maximum absolute atomic E-state index is 11.8. The summed E-state index contributed by atoms with van der Waals surface area (Å²) >= 11 is 0. The summed E-state index contributed by atoms with van der Waals surface area (Å²) in [4.78, 5) is 11.8. The van der Waals surface area contributed by atoms with Crippen molar-refractivity contribution in [2.75, 3.05) is 0 Å². The summed E-state index contributed by atoms with van der Waals surface area (Å²) in [6.45, 7) is 3.43. The fourth-order valence-electron chi connectivity index (χ4n) is 2.15. The van der Waals surface area contributed by atoms with Crippen LogP contribution in [0.2, 0.25) is 0 Å². The van der Waals surface area contributed by atoms with Gasteiger partial charge in [-0.1, -0.05) is 42.5 Å². The van der Waals surface area contributed by atoms with Gasteiger partial charge in [0.05, 0.1) is 0 Å². The molecule has 0 amide bonds. The van der Waals surface area contributed by atoms with Gasteiger partial charge in [-0.3, -0.25) is 4.79 Å². The van der Waals surface area contributed by atoms with Crippen molar-refractivity contribution in [2.45, 2.75) is 19.3 Å². The van der Waals surface area contributed by atoms with Crippen LogP contribution in [0.1, 0.15) is 23.6 Å². The molecule has 0 saturated carbocycles. The van der Waals surface area contributed by atoms with Gasteiger partial charge in [-0.15, -0.1) is 0 Å². The zero-order valence-electron chi connectivity index (χ0n) is 10.9. The van der Waals surface area contributed by atoms with E-state index in [1.54, 1.807) is 38.1 Å². The first kappa shape index (κ1) is 13.1. The maximum Gasteiger partial charge on any atom is 0.318 e. The van der Waals surface area contributed by atoms with Gasteiger partial charge in [0.1, 0.15) is 11.2 Å². The number of aliphatic carboxylic acids is 1. The van der Waals surface area contributed by atoms with Crippen LogP contribution in [-0.2, 0) is 10.2 Å². The molecule has 0 aliphatic carbocycles. The number of carboxylic acids is 1. The number of hydrogen-bond donors (Lipinski definition) is 2. The van der Waals surface area contributed by atoms with Crippen molar-refractivity contribution >= 4 is 5.97 Å². The Bertz CT molecular complexity index is 605. The number of hydrogen-bond acceptors (Lipinski definition) is 2. The Balaban J connectivity index is 2.63. The van der Waals surface area contributed by atoms with Crippen LogP contribution in [0, 0.1) is 6.92 Å². The van der Waals surface area contributed by atoms with Gasteiger partial charge in [-0.25, -0.2) is 0 Å². The third-order valence-electron chi connectivity index (χ3n) is 3.55. The quantitative estimate of drug-likeness (QED) is 0.887. The molecule has 0 spiro atoms. The van der Waals surface area contributed by atoms with Gasteiger partial charge in [0, 0.05) is 0 Å². The van der Waals surface area contributed by atoms with Crippen LogP contribution in [-0.4, -0.2) is 16.2 Å². The van der Waals surface area contributed by atoms with Crippen molar-refractivity contribution in [1.29, 1.82) is 0 Å². The zero-order chi connectivity index (χ0) is 14.0. The molecule has 19 heavy (non-hydrogen) atoms. The topological polar surface area (TPSA) is 57.5 Å². The van der Waals surface area contributed by atoms with Gasteiger partial charge in [0.2, 0.25) is 0 Å². The Morgan fingerprint density at radius 3 is 2.21 bits per heavy atom. The first-order chi connectivity index (χ1) is 8.96. The lowest BCUT2D eigenvalue weighted by molar-refractivity contribution is -0.141. The second-order valence-electron chi connectivity index (χ2n) is 4.80. The molecule has 2 aromatic rings. The molecule has 98 valence electrons. The molecule has 0 saturated heterocycles. The van der Waals surface area contributed by atoms with Crippen molar-refractivity contribution < 1.29 is 15.0 Å². The van der Waals surface area contributed by atoms with Crippen molar-refractivity contribution in [1.82, 2.24) is 0 Å². The largest absolute Gasteiger partial charge is 0.508 e. The lowest BCUT2D eigenvalue weighted by atomic mass is 9.76. The lowest BCUT2D eigenvalue weighted by Crippen LogP contribution is -2.33. The van der Waals surface area contributed by atoms with E-state index >= 15 is 0 Å². The van der Waals surface area contributed by atoms with E-state index in [4.69, 9.17) is 0 Å². The molecule has 0 aromatic heterocycles. The third-order valence-corrected chi connectivity index (χ3v) is 3.55. The van der Waals surface area contributed by atoms with E-state index in [0.29, 0.717) is 16.7 Å². The van der Waals surface area contributed by atoms with E-state index in [1.165, 1.54) is 6.07 Å². The highest BCUT2D eigenvalue weighted by atomic mass is 16.4. The first-order valence-corrected chi connectivity index (χ1v) is 6.05. The van der Waals surface area contributed by atoms with Crippen molar-refractivity contribution in [3.8, 4) is 5.75 Å². The predicted molar refractivity (Wildman–Crippen MR) is 73.4 cm³/mol. The Kier molecular flexibility index (Phi) is 3.30. The molecule has 3 heteroatoms. The first-order valence-electron chi connectivity index (χ1n) is 6.05. The minimum atomic E-state index is -1.13. The number of benzene rings is 2. The molecule has 0 aliphatic rings. The zero-order valence-corrected chi connectivity index (χ0v) is 10.9. The third kappa shape index (κ3) is 2.19. The average Bonchev–Trinajstić information content (AvgIpc) is 2.41. The molecule has 2 aromatic carbocycles.